The SMILES string of the molecule is NC(=O)c1n[nH]nc1-c1cc(O)ccc1[N+](=O)[O-]. The molecule has 92 valence electrons. The largest absolute Gasteiger partial charge is 0.508 e. The molecule has 1 amide bonds. The molecule has 0 aliphatic rings. The second-order valence-corrected chi connectivity index (χ2v) is 3.34. The summed E-state index contributed by atoms with van der Waals surface area (Å²) in [4.78, 5) is 21.3. The second-order valence-electron chi connectivity index (χ2n) is 3.34. The van der Waals surface area contributed by atoms with Crippen LogP contribution in [0.1, 0.15) is 10.5 Å². The summed E-state index contributed by atoms with van der Waals surface area (Å²) < 4.78 is 0. The Morgan fingerprint density at radius 3 is 2.78 bits per heavy atom. The summed E-state index contributed by atoms with van der Waals surface area (Å²) >= 11 is 0. The zero-order chi connectivity index (χ0) is 13.3. The van der Waals surface area contributed by atoms with Crippen molar-refractivity contribution < 1.29 is 14.8 Å². The van der Waals surface area contributed by atoms with Crippen LogP contribution in [0.4, 0.5) is 5.69 Å². The molecule has 2 aromatic rings. The number of rotatable bonds is 3. The van der Waals surface area contributed by atoms with E-state index < -0.39 is 10.8 Å². The third kappa shape index (κ3) is 1.84. The van der Waals surface area contributed by atoms with Crippen LogP contribution in [0.5, 0.6) is 5.75 Å². The number of primary amides is 1. The van der Waals surface area contributed by atoms with Gasteiger partial charge in [-0.1, -0.05) is 0 Å². The highest BCUT2D eigenvalue weighted by atomic mass is 16.6. The summed E-state index contributed by atoms with van der Waals surface area (Å²) in [6, 6.07) is 3.37. The number of nitrogens with one attached hydrogen (secondary N) is 1. The van der Waals surface area contributed by atoms with Gasteiger partial charge in [0, 0.05) is 6.07 Å². The third-order valence-corrected chi connectivity index (χ3v) is 2.21. The molecule has 0 bridgehead atoms. The monoisotopic (exact) mass is 249 g/mol. The number of aromatic hydroxyl groups is 1. The second kappa shape index (κ2) is 4.13. The molecular formula is C9H7N5O4. The maximum absolute atomic E-state index is 11.1. The van der Waals surface area contributed by atoms with Gasteiger partial charge in [-0.3, -0.25) is 14.9 Å². The van der Waals surface area contributed by atoms with Crippen molar-refractivity contribution in [1.82, 2.24) is 15.4 Å². The van der Waals surface area contributed by atoms with E-state index in [1.807, 2.05) is 0 Å². The van der Waals surface area contributed by atoms with Gasteiger partial charge in [0.1, 0.15) is 11.4 Å². The van der Waals surface area contributed by atoms with Crippen LogP contribution in [0.3, 0.4) is 0 Å². The number of phenols is 1. The first-order valence-electron chi connectivity index (χ1n) is 4.69. The fourth-order valence-electron chi connectivity index (χ4n) is 1.46. The average molecular weight is 249 g/mol. The van der Waals surface area contributed by atoms with Crippen LogP contribution in [0.15, 0.2) is 18.2 Å². The number of aromatic amines is 1. The van der Waals surface area contributed by atoms with Gasteiger partial charge in [0.15, 0.2) is 5.69 Å². The summed E-state index contributed by atoms with van der Waals surface area (Å²) in [5.74, 6) is -1.08. The van der Waals surface area contributed by atoms with Gasteiger partial charge >= 0.3 is 0 Å². The molecular weight excluding hydrogens is 242 g/mol. The van der Waals surface area contributed by atoms with Gasteiger partial charge in [0.05, 0.1) is 10.5 Å². The van der Waals surface area contributed by atoms with E-state index in [0.717, 1.165) is 18.2 Å². The first-order chi connectivity index (χ1) is 8.50. The Morgan fingerprint density at radius 2 is 2.17 bits per heavy atom. The van der Waals surface area contributed by atoms with Crippen LogP contribution in [0.2, 0.25) is 0 Å². The Balaban J connectivity index is 2.69. The molecule has 0 fully saturated rings. The van der Waals surface area contributed by atoms with E-state index in [2.05, 4.69) is 15.4 Å². The van der Waals surface area contributed by atoms with Crippen LogP contribution >= 0.6 is 0 Å². The molecule has 0 atom stereocenters. The number of nitro benzene ring substituents is 1. The summed E-state index contributed by atoms with van der Waals surface area (Å²) in [6.07, 6.45) is 0. The molecule has 2 rings (SSSR count). The number of hydrogen-bond donors (Lipinski definition) is 3. The smallest absolute Gasteiger partial charge is 0.279 e. The van der Waals surface area contributed by atoms with Crippen LogP contribution in [0.25, 0.3) is 11.3 Å². The van der Waals surface area contributed by atoms with Crippen molar-refractivity contribution in [3.05, 3.63) is 34.0 Å². The molecule has 0 radical (unpaired) electrons. The molecule has 18 heavy (non-hydrogen) atoms. The van der Waals surface area contributed by atoms with Gasteiger partial charge in [-0.15, -0.1) is 0 Å². The van der Waals surface area contributed by atoms with Crippen molar-refractivity contribution >= 4 is 11.6 Å². The minimum absolute atomic E-state index is 0.0393. The number of carbonyl (C=O) groups is 1. The lowest BCUT2D eigenvalue weighted by Gasteiger charge is -2.01. The summed E-state index contributed by atoms with van der Waals surface area (Å²) in [6.45, 7) is 0. The molecule has 0 unspecified atom stereocenters. The summed E-state index contributed by atoms with van der Waals surface area (Å²) in [7, 11) is 0. The lowest BCUT2D eigenvalue weighted by Crippen LogP contribution is -2.13. The number of nitro groups is 1. The predicted octanol–water partition coefficient (Wildman–Crippen LogP) is 0.184. The molecule has 1 aromatic heterocycles. The van der Waals surface area contributed by atoms with Gasteiger partial charge in [-0.25, -0.2) is 0 Å². The van der Waals surface area contributed by atoms with E-state index in [1.165, 1.54) is 0 Å². The number of hydrogen-bond acceptors (Lipinski definition) is 6. The van der Waals surface area contributed by atoms with Crippen molar-refractivity contribution in [3.8, 4) is 17.0 Å². The minimum atomic E-state index is -0.878. The number of amides is 1. The van der Waals surface area contributed by atoms with Gasteiger partial charge in [-0.05, 0) is 12.1 Å². The number of nitrogens with two attached hydrogens (primary N) is 1. The summed E-state index contributed by atoms with van der Waals surface area (Å²) in [5.41, 5.74) is 4.40. The zero-order valence-electron chi connectivity index (χ0n) is 8.82. The number of aromatic nitrogens is 3. The molecule has 0 spiro atoms. The fourth-order valence-corrected chi connectivity index (χ4v) is 1.46. The number of benzene rings is 1. The molecule has 1 aromatic carbocycles. The van der Waals surface area contributed by atoms with Crippen molar-refractivity contribution in [3.63, 3.8) is 0 Å². The maximum Gasteiger partial charge on any atom is 0.279 e. The number of phenolic OH excluding ortho intramolecular Hbond substituents is 1. The third-order valence-electron chi connectivity index (χ3n) is 2.21. The van der Waals surface area contributed by atoms with Crippen molar-refractivity contribution in [1.29, 1.82) is 0 Å². The van der Waals surface area contributed by atoms with Gasteiger partial charge < -0.3 is 10.8 Å². The number of H-pyrrole nitrogens is 1. The Hall–Kier alpha value is -2.97. The van der Waals surface area contributed by atoms with Crippen molar-refractivity contribution in [2.45, 2.75) is 0 Å². The first kappa shape index (κ1) is 11.5. The Kier molecular flexibility index (Phi) is 2.64. The highest BCUT2D eigenvalue weighted by Crippen LogP contribution is 2.32. The minimum Gasteiger partial charge on any atom is -0.508 e. The van der Waals surface area contributed by atoms with E-state index in [0.29, 0.717) is 0 Å². The van der Waals surface area contributed by atoms with E-state index in [4.69, 9.17) is 5.73 Å². The molecule has 0 saturated carbocycles. The van der Waals surface area contributed by atoms with Crippen LogP contribution in [0, 0.1) is 10.1 Å². The molecule has 0 aliphatic heterocycles. The van der Waals surface area contributed by atoms with Gasteiger partial charge in [-0.2, -0.15) is 15.4 Å². The first-order valence-corrected chi connectivity index (χ1v) is 4.69. The van der Waals surface area contributed by atoms with Crippen LogP contribution in [-0.4, -0.2) is 31.3 Å². The Bertz CT molecular complexity index is 636. The van der Waals surface area contributed by atoms with Gasteiger partial charge in [0.2, 0.25) is 0 Å². The predicted molar refractivity (Wildman–Crippen MR) is 58.7 cm³/mol. The van der Waals surface area contributed by atoms with E-state index >= 15 is 0 Å². The van der Waals surface area contributed by atoms with Crippen LogP contribution in [-0.2, 0) is 0 Å². The lowest BCUT2D eigenvalue weighted by molar-refractivity contribution is -0.384. The number of carbonyl (C=O) groups excluding carboxylic acids is 1. The summed E-state index contributed by atoms with van der Waals surface area (Å²) in [5, 5.41) is 29.5. The molecule has 9 nitrogen and oxygen atoms in total. The zero-order valence-corrected chi connectivity index (χ0v) is 8.82. The quantitative estimate of drug-likeness (QED) is 0.522. The molecule has 0 saturated heterocycles. The van der Waals surface area contributed by atoms with Crippen molar-refractivity contribution in [2.24, 2.45) is 5.73 Å². The fraction of sp³-hybridized carbons (Fsp3) is 0. The molecule has 4 N–H and O–H groups in total. The van der Waals surface area contributed by atoms with E-state index in [1.54, 1.807) is 0 Å². The Labute approximate surface area is 99.4 Å². The molecule has 0 aliphatic carbocycles. The molecule has 1 heterocycles. The van der Waals surface area contributed by atoms with Crippen molar-refractivity contribution in [2.75, 3.05) is 0 Å². The average Bonchev–Trinajstić information content (AvgIpc) is 2.77. The standard InChI is InChI=1S/C9H7N5O4/c10-9(16)8-7(11-13-12-8)5-3-4(15)1-2-6(5)14(17)18/h1-3,15H,(H2,10,16)(H,11,12,13). The highest BCUT2D eigenvalue weighted by Gasteiger charge is 2.23. The normalized spacial score (nSPS) is 10.2. The number of nitrogens with zero attached hydrogens (tertiary/aromatic N) is 3. The van der Waals surface area contributed by atoms with Gasteiger partial charge in [0.25, 0.3) is 11.6 Å². The maximum atomic E-state index is 11.1. The Morgan fingerprint density at radius 1 is 1.44 bits per heavy atom. The van der Waals surface area contributed by atoms with E-state index in [9.17, 15) is 20.0 Å². The molecule has 9 heteroatoms. The topological polar surface area (TPSA) is 148 Å². The van der Waals surface area contributed by atoms with Crippen LogP contribution < -0.4 is 5.73 Å². The lowest BCUT2D eigenvalue weighted by atomic mass is 10.1. The highest BCUT2D eigenvalue weighted by molar-refractivity contribution is 5.97. The van der Waals surface area contributed by atoms with E-state index in [-0.39, 0.29) is 28.4 Å².